The van der Waals surface area contributed by atoms with E-state index >= 15 is 0 Å². The number of aromatic nitrogens is 1. The monoisotopic (exact) mass is 467 g/mol. The van der Waals surface area contributed by atoms with Gasteiger partial charge in [-0.05, 0) is 85.6 Å². The number of likely N-dealkylation sites (tertiary alicyclic amines) is 1. The van der Waals surface area contributed by atoms with Gasteiger partial charge >= 0.3 is 0 Å². The molecule has 5 nitrogen and oxygen atoms in total. The average molecular weight is 468 g/mol. The summed E-state index contributed by atoms with van der Waals surface area (Å²) in [6.07, 6.45) is 4.45. The zero-order chi connectivity index (χ0) is 23.8. The lowest BCUT2D eigenvalue weighted by molar-refractivity contribution is -0.110. The predicted octanol–water partition coefficient (Wildman–Crippen LogP) is 5.94. The second kappa shape index (κ2) is 9.04. The van der Waals surface area contributed by atoms with E-state index in [2.05, 4.69) is 15.2 Å². The van der Waals surface area contributed by atoms with Crippen LogP contribution >= 0.6 is 0 Å². The molecule has 0 aliphatic carbocycles. The lowest BCUT2D eigenvalue weighted by atomic mass is 10.00. The SMILES string of the molecule is O=C1Nc2cc(-c3ccc(F)cc3)ccc2C1=Cc1cc2cc(OCCN3CCCC3)ccc2[nH]1. The van der Waals surface area contributed by atoms with Crippen molar-refractivity contribution in [3.8, 4) is 16.9 Å². The minimum atomic E-state index is -0.271. The lowest BCUT2D eigenvalue weighted by Gasteiger charge is -2.14. The molecule has 0 spiro atoms. The molecule has 0 radical (unpaired) electrons. The first-order valence-electron chi connectivity index (χ1n) is 12.0. The summed E-state index contributed by atoms with van der Waals surface area (Å²) in [5.74, 6) is 0.445. The maximum absolute atomic E-state index is 13.3. The second-order valence-electron chi connectivity index (χ2n) is 9.15. The van der Waals surface area contributed by atoms with Gasteiger partial charge in [0.15, 0.2) is 0 Å². The summed E-state index contributed by atoms with van der Waals surface area (Å²) in [5.41, 5.74) is 5.89. The van der Waals surface area contributed by atoms with Crippen molar-refractivity contribution in [1.82, 2.24) is 9.88 Å². The molecule has 6 rings (SSSR count). The number of hydrogen-bond acceptors (Lipinski definition) is 3. The van der Waals surface area contributed by atoms with Crippen LogP contribution in [0.1, 0.15) is 24.1 Å². The summed E-state index contributed by atoms with van der Waals surface area (Å²) in [6.45, 7) is 3.98. The first-order chi connectivity index (χ1) is 17.1. The average Bonchev–Trinajstić information content (AvgIpc) is 3.58. The van der Waals surface area contributed by atoms with E-state index in [4.69, 9.17) is 4.74 Å². The molecular formula is C29H26FN3O2. The molecule has 2 N–H and O–H groups in total. The number of amides is 1. The van der Waals surface area contributed by atoms with Crippen LogP contribution in [0.3, 0.4) is 0 Å². The minimum Gasteiger partial charge on any atom is -0.492 e. The van der Waals surface area contributed by atoms with Gasteiger partial charge in [-0.3, -0.25) is 9.69 Å². The standard InChI is InChI=1S/C29H26FN3O2/c30-22-6-3-19(4-7-22)20-5-9-25-26(29(34)32-28(25)17-20)18-23-15-21-16-24(8-10-27(21)31-23)35-14-13-33-11-1-2-12-33/h3-10,15-18,31H,1-2,11-14H2,(H,32,34). The molecule has 0 atom stereocenters. The van der Waals surface area contributed by atoms with Gasteiger partial charge in [0.1, 0.15) is 18.2 Å². The third-order valence-corrected chi connectivity index (χ3v) is 6.77. The van der Waals surface area contributed by atoms with Gasteiger partial charge in [0, 0.05) is 34.4 Å². The number of benzene rings is 3. The van der Waals surface area contributed by atoms with Gasteiger partial charge in [0.25, 0.3) is 5.91 Å². The zero-order valence-corrected chi connectivity index (χ0v) is 19.3. The largest absolute Gasteiger partial charge is 0.492 e. The summed E-state index contributed by atoms with van der Waals surface area (Å²) in [6, 6.07) is 20.2. The quantitative estimate of drug-likeness (QED) is 0.345. The maximum Gasteiger partial charge on any atom is 0.256 e. The first kappa shape index (κ1) is 21.6. The summed E-state index contributed by atoms with van der Waals surface area (Å²) in [4.78, 5) is 18.6. The molecular weight excluding hydrogens is 441 g/mol. The fraction of sp³-hybridized carbons (Fsp3) is 0.207. The molecule has 2 aliphatic heterocycles. The van der Waals surface area contributed by atoms with E-state index in [9.17, 15) is 9.18 Å². The number of nitrogens with one attached hydrogen (secondary N) is 2. The topological polar surface area (TPSA) is 57.4 Å². The molecule has 0 saturated carbocycles. The second-order valence-corrected chi connectivity index (χ2v) is 9.15. The van der Waals surface area contributed by atoms with Crippen molar-refractivity contribution in [3.05, 3.63) is 83.8 Å². The fourth-order valence-corrected chi connectivity index (χ4v) is 4.91. The number of hydrogen-bond donors (Lipinski definition) is 2. The number of rotatable bonds is 6. The van der Waals surface area contributed by atoms with E-state index in [1.54, 1.807) is 12.1 Å². The van der Waals surface area contributed by atoms with Crippen molar-refractivity contribution in [2.45, 2.75) is 12.8 Å². The van der Waals surface area contributed by atoms with Crippen molar-refractivity contribution in [2.24, 2.45) is 0 Å². The zero-order valence-electron chi connectivity index (χ0n) is 19.3. The third-order valence-electron chi connectivity index (χ3n) is 6.77. The summed E-state index contributed by atoms with van der Waals surface area (Å²) < 4.78 is 19.2. The van der Waals surface area contributed by atoms with E-state index in [1.807, 2.05) is 48.5 Å². The Hall–Kier alpha value is -3.90. The van der Waals surface area contributed by atoms with Crippen molar-refractivity contribution in [3.63, 3.8) is 0 Å². The van der Waals surface area contributed by atoms with Gasteiger partial charge in [-0.15, -0.1) is 0 Å². The van der Waals surface area contributed by atoms with Gasteiger partial charge in [-0.25, -0.2) is 4.39 Å². The minimum absolute atomic E-state index is 0.138. The number of carbonyl (C=O) groups is 1. The Morgan fingerprint density at radius 1 is 0.943 bits per heavy atom. The van der Waals surface area contributed by atoms with Crippen LogP contribution in [-0.4, -0.2) is 42.0 Å². The Morgan fingerprint density at radius 3 is 2.57 bits per heavy atom. The molecule has 176 valence electrons. The molecule has 1 saturated heterocycles. The van der Waals surface area contributed by atoms with Gasteiger partial charge in [0.2, 0.25) is 0 Å². The van der Waals surface area contributed by atoms with Crippen molar-refractivity contribution in [2.75, 3.05) is 31.6 Å². The molecule has 4 aromatic rings. The van der Waals surface area contributed by atoms with Gasteiger partial charge in [-0.1, -0.05) is 24.3 Å². The van der Waals surface area contributed by atoms with Crippen molar-refractivity contribution >= 4 is 34.1 Å². The molecule has 2 aliphatic rings. The highest BCUT2D eigenvalue weighted by Gasteiger charge is 2.24. The van der Waals surface area contributed by atoms with Crippen LogP contribution in [-0.2, 0) is 4.79 Å². The third kappa shape index (κ3) is 4.45. The van der Waals surface area contributed by atoms with E-state index in [0.717, 1.165) is 51.3 Å². The van der Waals surface area contributed by atoms with Crippen LogP contribution in [0.2, 0.25) is 0 Å². The van der Waals surface area contributed by atoms with E-state index in [0.29, 0.717) is 12.2 Å². The molecule has 1 aromatic heterocycles. The molecule has 6 heteroatoms. The molecule has 3 heterocycles. The maximum atomic E-state index is 13.3. The van der Waals surface area contributed by atoms with Crippen LogP contribution in [0, 0.1) is 5.82 Å². The molecule has 1 fully saturated rings. The van der Waals surface area contributed by atoms with E-state index in [-0.39, 0.29) is 11.7 Å². The van der Waals surface area contributed by atoms with Crippen LogP contribution < -0.4 is 10.1 Å². The van der Waals surface area contributed by atoms with Crippen LogP contribution in [0.5, 0.6) is 5.75 Å². The molecule has 1 amide bonds. The van der Waals surface area contributed by atoms with Gasteiger partial charge in [0.05, 0.1) is 5.57 Å². The van der Waals surface area contributed by atoms with Crippen LogP contribution in [0.15, 0.2) is 66.7 Å². The number of fused-ring (bicyclic) bond motifs is 2. The summed E-state index contributed by atoms with van der Waals surface area (Å²) >= 11 is 0. The number of ether oxygens (including phenoxy) is 1. The highest BCUT2D eigenvalue weighted by Crippen LogP contribution is 2.36. The number of halogens is 1. The number of H-pyrrole nitrogens is 1. The first-order valence-corrected chi connectivity index (χ1v) is 12.0. The Bertz CT molecular complexity index is 1430. The summed E-state index contributed by atoms with van der Waals surface area (Å²) in [5, 5.41) is 4.00. The molecule has 0 bridgehead atoms. The Morgan fingerprint density at radius 2 is 1.74 bits per heavy atom. The number of carbonyl (C=O) groups excluding carboxylic acids is 1. The molecule has 3 aromatic carbocycles. The smallest absolute Gasteiger partial charge is 0.256 e. The number of nitrogens with zero attached hydrogens (tertiary/aromatic N) is 1. The molecule has 0 unspecified atom stereocenters. The highest BCUT2D eigenvalue weighted by atomic mass is 19.1. The number of aromatic amines is 1. The predicted molar refractivity (Wildman–Crippen MR) is 138 cm³/mol. The Labute approximate surface area is 203 Å². The van der Waals surface area contributed by atoms with Crippen molar-refractivity contribution in [1.29, 1.82) is 0 Å². The van der Waals surface area contributed by atoms with Crippen molar-refractivity contribution < 1.29 is 13.9 Å². The lowest BCUT2D eigenvalue weighted by Crippen LogP contribution is -2.25. The van der Waals surface area contributed by atoms with E-state index < -0.39 is 0 Å². The van der Waals surface area contributed by atoms with E-state index in [1.165, 1.54) is 38.1 Å². The summed E-state index contributed by atoms with van der Waals surface area (Å²) in [7, 11) is 0. The fourth-order valence-electron chi connectivity index (χ4n) is 4.91. The number of anilines is 1. The normalized spacial score (nSPS) is 16.7. The highest BCUT2D eigenvalue weighted by molar-refractivity contribution is 6.35. The van der Waals surface area contributed by atoms with Gasteiger partial charge in [-0.2, -0.15) is 0 Å². The van der Waals surface area contributed by atoms with Crippen LogP contribution in [0.4, 0.5) is 10.1 Å². The van der Waals surface area contributed by atoms with Crippen LogP contribution in [0.25, 0.3) is 33.7 Å². The van der Waals surface area contributed by atoms with Gasteiger partial charge < -0.3 is 15.0 Å². The molecule has 35 heavy (non-hydrogen) atoms. The Balaban J connectivity index is 1.22. The Kier molecular flexibility index (Phi) is 5.58.